The normalized spacial score (nSPS) is 11.3. The largest absolute Gasteiger partial charge is 0.478 e. The van der Waals surface area contributed by atoms with Crippen molar-refractivity contribution in [1.29, 1.82) is 0 Å². The maximum absolute atomic E-state index is 11.8. The van der Waals surface area contributed by atoms with Crippen LogP contribution in [0.5, 0.6) is 0 Å². The van der Waals surface area contributed by atoms with Gasteiger partial charge in [-0.2, -0.15) is 0 Å². The van der Waals surface area contributed by atoms with Crippen LogP contribution in [0.4, 0.5) is 0 Å². The van der Waals surface area contributed by atoms with E-state index < -0.39 is 11.9 Å². The molecule has 0 aliphatic carbocycles. The van der Waals surface area contributed by atoms with E-state index in [1.165, 1.54) is 0 Å². The Bertz CT molecular complexity index is 1060. The first-order chi connectivity index (χ1) is 11.1. The summed E-state index contributed by atoms with van der Waals surface area (Å²) in [7, 11) is 0. The molecular formula is C18H11NO4. The molecule has 0 saturated heterocycles. The van der Waals surface area contributed by atoms with Gasteiger partial charge in [0.1, 0.15) is 11.1 Å². The number of carbonyl (C=O) groups is 2. The molecule has 5 heteroatoms. The molecule has 0 aliphatic heterocycles. The number of pyridine rings is 1. The number of nitrogens with zero attached hydrogens (tertiary/aromatic N) is 1. The molecule has 112 valence electrons. The van der Waals surface area contributed by atoms with E-state index in [9.17, 15) is 19.8 Å². The third-order valence-electron chi connectivity index (χ3n) is 4.05. The molecule has 0 spiro atoms. The van der Waals surface area contributed by atoms with Crippen LogP contribution in [0.25, 0.3) is 27.7 Å². The summed E-state index contributed by atoms with van der Waals surface area (Å²) < 4.78 is 1.70. The van der Waals surface area contributed by atoms with Gasteiger partial charge in [-0.15, -0.1) is 0 Å². The van der Waals surface area contributed by atoms with Crippen LogP contribution in [0.1, 0.15) is 20.7 Å². The highest BCUT2D eigenvalue weighted by molar-refractivity contribution is 6.16. The molecule has 4 aromatic rings. The van der Waals surface area contributed by atoms with Crippen LogP contribution in [0.3, 0.4) is 0 Å². The summed E-state index contributed by atoms with van der Waals surface area (Å²) in [4.78, 5) is 23.4. The van der Waals surface area contributed by atoms with Crippen molar-refractivity contribution in [3.8, 4) is 11.1 Å². The number of hydrogen-bond acceptors (Lipinski definition) is 2. The van der Waals surface area contributed by atoms with Crippen LogP contribution < -0.4 is 0 Å². The second-order valence-corrected chi connectivity index (χ2v) is 5.30. The number of carboxylic acids is 2. The van der Waals surface area contributed by atoms with E-state index in [4.69, 9.17) is 0 Å². The number of hydrogen-bond donors (Lipinski definition) is 2. The molecule has 0 amide bonds. The zero-order chi connectivity index (χ0) is 16.1. The van der Waals surface area contributed by atoms with Gasteiger partial charge in [-0.25, -0.2) is 9.59 Å². The second kappa shape index (κ2) is 4.58. The van der Waals surface area contributed by atoms with E-state index in [2.05, 4.69) is 0 Å². The van der Waals surface area contributed by atoms with Crippen molar-refractivity contribution in [2.75, 3.05) is 0 Å². The maximum Gasteiger partial charge on any atom is 0.338 e. The summed E-state index contributed by atoms with van der Waals surface area (Å²) in [6.45, 7) is 0. The third kappa shape index (κ3) is 1.73. The summed E-state index contributed by atoms with van der Waals surface area (Å²) >= 11 is 0. The minimum atomic E-state index is -1.24. The lowest BCUT2D eigenvalue weighted by atomic mass is 10.0. The summed E-state index contributed by atoms with van der Waals surface area (Å²) in [5.41, 5.74) is 2.81. The van der Waals surface area contributed by atoms with Gasteiger partial charge in [0, 0.05) is 11.1 Å². The Labute approximate surface area is 130 Å². The van der Waals surface area contributed by atoms with Crippen LogP contribution in [0, 0.1) is 0 Å². The molecule has 4 rings (SSSR count). The minimum absolute atomic E-state index is 0.169. The molecule has 0 aliphatic rings. The lowest BCUT2D eigenvalue weighted by Gasteiger charge is -2.00. The zero-order valence-corrected chi connectivity index (χ0v) is 11.9. The van der Waals surface area contributed by atoms with Gasteiger partial charge in [0.05, 0.1) is 11.0 Å². The van der Waals surface area contributed by atoms with Crippen LogP contribution in [-0.4, -0.2) is 26.6 Å². The van der Waals surface area contributed by atoms with Gasteiger partial charge in [0.15, 0.2) is 0 Å². The highest BCUT2D eigenvalue weighted by Crippen LogP contribution is 2.37. The molecule has 0 saturated carbocycles. The Morgan fingerprint density at radius 2 is 1.52 bits per heavy atom. The predicted molar refractivity (Wildman–Crippen MR) is 85.4 cm³/mol. The number of carboxylic acid groups (broad SMARTS) is 2. The quantitative estimate of drug-likeness (QED) is 0.606. The van der Waals surface area contributed by atoms with Gasteiger partial charge in [-0.3, -0.25) is 0 Å². The fraction of sp³-hybridized carbons (Fsp3) is 0. The Morgan fingerprint density at radius 3 is 2.17 bits per heavy atom. The van der Waals surface area contributed by atoms with Gasteiger partial charge in [0.2, 0.25) is 0 Å². The first kappa shape index (κ1) is 13.3. The summed E-state index contributed by atoms with van der Waals surface area (Å²) in [5, 5.41) is 19.1. The molecule has 0 unspecified atom stereocenters. The molecule has 1 aromatic carbocycles. The van der Waals surface area contributed by atoms with Gasteiger partial charge >= 0.3 is 11.9 Å². The van der Waals surface area contributed by atoms with E-state index >= 15 is 0 Å². The third-order valence-corrected chi connectivity index (χ3v) is 4.05. The lowest BCUT2D eigenvalue weighted by molar-refractivity contribution is 0.0655. The predicted octanol–water partition coefficient (Wildman–Crippen LogP) is 3.59. The van der Waals surface area contributed by atoms with E-state index in [-0.39, 0.29) is 11.1 Å². The van der Waals surface area contributed by atoms with Crippen molar-refractivity contribution in [2.24, 2.45) is 0 Å². The standard InChI is InChI=1S/C18H11NO4/c20-17(21)14-13-8-4-7-11-9-12(10-5-2-1-3-6-10)16(19(11)13)15(14)18(22)23/h1-9H,(H,20,21)(H,22,23). The number of rotatable bonds is 3. The lowest BCUT2D eigenvalue weighted by Crippen LogP contribution is -2.05. The molecule has 0 radical (unpaired) electrons. The Kier molecular flexibility index (Phi) is 2.65. The van der Waals surface area contributed by atoms with Crippen molar-refractivity contribution >= 4 is 28.5 Å². The van der Waals surface area contributed by atoms with Crippen molar-refractivity contribution < 1.29 is 19.8 Å². The Hall–Kier alpha value is -3.34. The number of aromatic carboxylic acids is 2. The fourth-order valence-electron chi connectivity index (χ4n) is 3.18. The Morgan fingerprint density at radius 1 is 0.826 bits per heavy atom. The molecule has 23 heavy (non-hydrogen) atoms. The maximum atomic E-state index is 11.8. The molecule has 3 aromatic heterocycles. The molecule has 0 bridgehead atoms. The van der Waals surface area contributed by atoms with Gasteiger partial charge in [-0.05, 0) is 23.8 Å². The van der Waals surface area contributed by atoms with Gasteiger partial charge in [-0.1, -0.05) is 36.4 Å². The van der Waals surface area contributed by atoms with Crippen LogP contribution in [0.2, 0.25) is 0 Å². The smallest absolute Gasteiger partial charge is 0.338 e. The molecule has 2 N–H and O–H groups in total. The molecule has 0 atom stereocenters. The van der Waals surface area contributed by atoms with E-state index in [1.807, 2.05) is 42.5 Å². The Balaban J connectivity index is 2.25. The van der Waals surface area contributed by atoms with Crippen molar-refractivity contribution in [2.45, 2.75) is 0 Å². The van der Waals surface area contributed by atoms with Gasteiger partial charge in [0.25, 0.3) is 0 Å². The molecule has 3 heterocycles. The van der Waals surface area contributed by atoms with Crippen LogP contribution in [0.15, 0.2) is 54.6 Å². The van der Waals surface area contributed by atoms with E-state index in [1.54, 1.807) is 16.5 Å². The average Bonchev–Trinajstić information content (AvgIpc) is 3.09. The zero-order valence-electron chi connectivity index (χ0n) is 11.9. The SMILES string of the molecule is O=C(O)c1c(C(=O)O)c2c(-c3ccccc3)cc3cccc1n32. The minimum Gasteiger partial charge on any atom is -0.478 e. The fourth-order valence-corrected chi connectivity index (χ4v) is 3.18. The van der Waals surface area contributed by atoms with Crippen LogP contribution >= 0.6 is 0 Å². The highest BCUT2D eigenvalue weighted by Gasteiger charge is 2.29. The monoisotopic (exact) mass is 305 g/mol. The topological polar surface area (TPSA) is 79.0 Å². The first-order valence-corrected chi connectivity index (χ1v) is 7.01. The number of benzene rings is 1. The van der Waals surface area contributed by atoms with Crippen molar-refractivity contribution in [1.82, 2.24) is 4.40 Å². The summed E-state index contributed by atoms with van der Waals surface area (Å²) in [6, 6.07) is 16.4. The summed E-state index contributed by atoms with van der Waals surface area (Å²) in [5.74, 6) is -2.48. The highest BCUT2D eigenvalue weighted by atomic mass is 16.4. The molecule has 5 nitrogen and oxygen atoms in total. The van der Waals surface area contributed by atoms with E-state index in [0.717, 1.165) is 11.1 Å². The first-order valence-electron chi connectivity index (χ1n) is 7.01. The van der Waals surface area contributed by atoms with Crippen molar-refractivity contribution in [3.63, 3.8) is 0 Å². The summed E-state index contributed by atoms with van der Waals surface area (Å²) in [6.07, 6.45) is 0. The molecular weight excluding hydrogens is 294 g/mol. The average molecular weight is 305 g/mol. The number of aromatic nitrogens is 1. The van der Waals surface area contributed by atoms with E-state index in [0.29, 0.717) is 16.6 Å². The molecule has 0 fully saturated rings. The van der Waals surface area contributed by atoms with Crippen molar-refractivity contribution in [3.05, 3.63) is 65.7 Å². The van der Waals surface area contributed by atoms with Crippen LogP contribution in [-0.2, 0) is 0 Å². The second-order valence-electron chi connectivity index (χ2n) is 5.30. The van der Waals surface area contributed by atoms with Gasteiger partial charge < -0.3 is 14.6 Å².